The summed E-state index contributed by atoms with van der Waals surface area (Å²) < 4.78 is 10.7. The van der Waals surface area contributed by atoms with E-state index in [0.717, 1.165) is 0 Å². The van der Waals surface area contributed by atoms with E-state index >= 15 is 0 Å². The first kappa shape index (κ1) is 9.83. The van der Waals surface area contributed by atoms with E-state index in [4.69, 9.17) is 9.47 Å². The van der Waals surface area contributed by atoms with Crippen molar-refractivity contribution in [2.75, 3.05) is 12.4 Å². The molecule has 15 heavy (non-hydrogen) atoms. The third-order valence-corrected chi connectivity index (χ3v) is 2.26. The molecule has 0 spiro atoms. The Hall–Kier alpha value is -1.71. The Balaban J connectivity index is 2.37. The summed E-state index contributed by atoms with van der Waals surface area (Å²) in [4.78, 5) is 11.4. The molecule has 1 heterocycles. The average Bonchev–Trinajstić information content (AvgIpc) is 2.33. The van der Waals surface area contributed by atoms with E-state index in [1.165, 1.54) is 0 Å². The van der Waals surface area contributed by atoms with Crippen molar-refractivity contribution in [3.63, 3.8) is 0 Å². The molecule has 1 aliphatic heterocycles. The van der Waals surface area contributed by atoms with Gasteiger partial charge in [-0.1, -0.05) is 0 Å². The lowest BCUT2D eigenvalue weighted by molar-refractivity contribution is -0.117. The van der Waals surface area contributed by atoms with Crippen LogP contribution in [0.5, 0.6) is 11.5 Å². The number of fused-ring (bicyclic) bond motifs is 1. The number of methoxy groups -OCH3 is 1. The van der Waals surface area contributed by atoms with E-state index in [1.807, 2.05) is 13.0 Å². The van der Waals surface area contributed by atoms with Crippen LogP contribution in [-0.2, 0) is 4.79 Å². The SMILES string of the molecule is COc1ccc2c(c1)NC(=O)CC(C)O2. The van der Waals surface area contributed by atoms with Gasteiger partial charge in [0.25, 0.3) is 0 Å². The molecular formula is C11H13NO3. The van der Waals surface area contributed by atoms with Crippen LogP contribution in [0, 0.1) is 0 Å². The number of hydrogen-bond donors (Lipinski definition) is 1. The van der Waals surface area contributed by atoms with Crippen molar-refractivity contribution < 1.29 is 14.3 Å². The van der Waals surface area contributed by atoms with E-state index in [9.17, 15) is 4.79 Å². The molecule has 0 fully saturated rings. The molecule has 0 bridgehead atoms. The molecule has 0 radical (unpaired) electrons. The standard InChI is InChI=1S/C11H13NO3/c1-7-5-11(13)12-9-6-8(14-2)3-4-10(9)15-7/h3-4,6-7H,5H2,1-2H3,(H,12,13). The van der Waals surface area contributed by atoms with Crippen molar-refractivity contribution in [2.24, 2.45) is 0 Å². The molecule has 0 aromatic heterocycles. The van der Waals surface area contributed by atoms with Gasteiger partial charge in [0, 0.05) is 6.07 Å². The number of rotatable bonds is 1. The lowest BCUT2D eigenvalue weighted by Crippen LogP contribution is -2.17. The Kier molecular flexibility index (Phi) is 2.49. The van der Waals surface area contributed by atoms with Gasteiger partial charge < -0.3 is 14.8 Å². The molecular weight excluding hydrogens is 194 g/mol. The van der Waals surface area contributed by atoms with Gasteiger partial charge in [0.1, 0.15) is 17.6 Å². The van der Waals surface area contributed by atoms with Crippen molar-refractivity contribution in [3.8, 4) is 11.5 Å². The normalized spacial score (nSPS) is 19.6. The molecule has 1 amide bonds. The quantitative estimate of drug-likeness (QED) is 0.763. The van der Waals surface area contributed by atoms with Gasteiger partial charge in [0.05, 0.1) is 19.2 Å². The zero-order valence-electron chi connectivity index (χ0n) is 8.74. The average molecular weight is 207 g/mol. The summed E-state index contributed by atoms with van der Waals surface area (Å²) in [7, 11) is 1.59. The summed E-state index contributed by atoms with van der Waals surface area (Å²) >= 11 is 0. The van der Waals surface area contributed by atoms with Gasteiger partial charge in [0.2, 0.25) is 5.91 Å². The van der Waals surface area contributed by atoms with Gasteiger partial charge in [-0.3, -0.25) is 4.79 Å². The second kappa shape index (κ2) is 3.81. The molecule has 80 valence electrons. The van der Waals surface area contributed by atoms with Crippen molar-refractivity contribution in [3.05, 3.63) is 18.2 Å². The first-order valence-electron chi connectivity index (χ1n) is 4.83. The first-order chi connectivity index (χ1) is 7.19. The Morgan fingerprint density at radius 1 is 1.53 bits per heavy atom. The Bertz CT molecular complexity index is 389. The minimum Gasteiger partial charge on any atom is -0.497 e. The zero-order valence-corrected chi connectivity index (χ0v) is 8.74. The van der Waals surface area contributed by atoms with Gasteiger partial charge in [-0.2, -0.15) is 0 Å². The summed E-state index contributed by atoms with van der Waals surface area (Å²) in [5, 5.41) is 2.78. The van der Waals surface area contributed by atoms with Gasteiger partial charge in [-0.15, -0.1) is 0 Å². The molecule has 4 heteroatoms. The molecule has 2 rings (SSSR count). The maximum atomic E-state index is 11.4. The topological polar surface area (TPSA) is 47.6 Å². The molecule has 1 N–H and O–H groups in total. The maximum Gasteiger partial charge on any atom is 0.228 e. The highest BCUT2D eigenvalue weighted by Gasteiger charge is 2.19. The van der Waals surface area contributed by atoms with E-state index < -0.39 is 0 Å². The number of ether oxygens (including phenoxy) is 2. The Morgan fingerprint density at radius 2 is 2.33 bits per heavy atom. The van der Waals surface area contributed by atoms with Crippen LogP contribution in [0.25, 0.3) is 0 Å². The van der Waals surface area contributed by atoms with Crippen LogP contribution in [0.4, 0.5) is 5.69 Å². The van der Waals surface area contributed by atoms with E-state index in [2.05, 4.69) is 5.32 Å². The van der Waals surface area contributed by atoms with Crippen molar-refractivity contribution in [1.82, 2.24) is 0 Å². The molecule has 0 saturated carbocycles. The summed E-state index contributed by atoms with van der Waals surface area (Å²) in [5.74, 6) is 1.36. The number of anilines is 1. The molecule has 4 nitrogen and oxygen atoms in total. The highest BCUT2D eigenvalue weighted by molar-refractivity contribution is 5.93. The number of carbonyl (C=O) groups excluding carboxylic acids is 1. The lowest BCUT2D eigenvalue weighted by Gasteiger charge is -2.11. The summed E-state index contributed by atoms with van der Waals surface area (Å²) in [6.45, 7) is 1.87. The highest BCUT2D eigenvalue weighted by Crippen LogP contribution is 2.32. The smallest absolute Gasteiger partial charge is 0.228 e. The molecule has 1 aromatic rings. The Morgan fingerprint density at radius 3 is 3.07 bits per heavy atom. The molecule has 1 atom stereocenters. The third kappa shape index (κ3) is 2.03. The van der Waals surface area contributed by atoms with Crippen LogP contribution in [0.1, 0.15) is 13.3 Å². The monoisotopic (exact) mass is 207 g/mol. The predicted molar refractivity (Wildman–Crippen MR) is 56.3 cm³/mol. The van der Waals surface area contributed by atoms with Crippen LogP contribution < -0.4 is 14.8 Å². The minimum atomic E-state index is -0.0976. The third-order valence-electron chi connectivity index (χ3n) is 2.26. The van der Waals surface area contributed by atoms with E-state index in [0.29, 0.717) is 23.6 Å². The first-order valence-corrected chi connectivity index (χ1v) is 4.83. The molecule has 1 aliphatic rings. The zero-order chi connectivity index (χ0) is 10.8. The van der Waals surface area contributed by atoms with E-state index in [1.54, 1.807) is 19.2 Å². The van der Waals surface area contributed by atoms with Gasteiger partial charge in [0.15, 0.2) is 0 Å². The van der Waals surface area contributed by atoms with Crippen molar-refractivity contribution in [2.45, 2.75) is 19.4 Å². The summed E-state index contributed by atoms with van der Waals surface area (Å²) in [6, 6.07) is 5.37. The number of amides is 1. The molecule has 1 aromatic carbocycles. The highest BCUT2D eigenvalue weighted by atomic mass is 16.5. The number of hydrogen-bond acceptors (Lipinski definition) is 3. The maximum absolute atomic E-state index is 11.4. The predicted octanol–water partition coefficient (Wildman–Crippen LogP) is 1.80. The fourth-order valence-corrected chi connectivity index (χ4v) is 1.56. The second-order valence-electron chi connectivity index (χ2n) is 3.54. The fraction of sp³-hybridized carbons (Fsp3) is 0.364. The van der Waals surface area contributed by atoms with Gasteiger partial charge in [-0.05, 0) is 19.1 Å². The second-order valence-corrected chi connectivity index (χ2v) is 3.54. The Labute approximate surface area is 88.2 Å². The van der Waals surface area contributed by atoms with E-state index in [-0.39, 0.29) is 12.0 Å². The summed E-state index contributed by atoms with van der Waals surface area (Å²) in [6.07, 6.45) is 0.274. The van der Waals surface area contributed by atoms with Crippen LogP contribution in [0.15, 0.2) is 18.2 Å². The van der Waals surface area contributed by atoms with Crippen LogP contribution in [0.3, 0.4) is 0 Å². The molecule has 0 aliphatic carbocycles. The van der Waals surface area contributed by atoms with Crippen LogP contribution in [-0.4, -0.2) is 19.1 Å². The summed E-state index contributed by atoms with van der Waals surface area (Å²) in [5.41, 5.74) is 0.670. The minimum absolute atomic E-state index is 0.0329. The van der Waals surface area contributed by atoms with Gasteiger partial charge in [-0.25, -0.2) is 0 Å². The van der Waals surface area contributed by atoms with Crippen LogP contribution in [0.2, 0.25) is 0 Å². The molecule has 0 saturated heterocycles. The van der Waals surface area contributed by atoms with Gasteiger partial charge >= 0.3 is 0 Å². The number of nitrogens with one attached hydrogen (secondary N) is 1. The fourth-order valence-electron chi connectivity index (χ4n) is 1.56. The molecule has 1 unspecified atom stereocenters. The van der Waals surface area contributed by atoms with Crippen molar-refractivity contribution >= 4 is 11.6 Å². The lowest BCUT2D eigenvalue weighted by atomic mass is 10.2. The number of carbonyl (C=O) groups is 1. The number of benzene rings is 1. The van der Waals surface area contributed by atoms with Crippen molar-refractivity contribution in [1.29, 1.82) is 0 Å². The largest absolute Gasteiger partial charge is 0.497 e. The van der Waals surface area contributed by atoms with Crippen LogP contribution >= 0.6 is 0 Å².